The standard InChI is InChI=1S/C22H31NO/c1-15(2)18-8-6-17(7-9-18)12-20(14-23)21-13-19(16(3)4)10-11-22(21)24-5/h6-11,13,15-16,20H,12,14,23H2,1-5H3. The van der Waals surface area contributed by atoms with Gasteiger partial charge in [-0.15, -0.1) is 0 Å². The number of hydrogen-bond donors (Lipinski definition) is 1. The molecule has 0 radical (unpaired) electrons. The van der Waals surface area contributed by atoms with Crippen molar-refractivity contribution in [2.24, 2.45) is 5.73 Å². The molecule has 0 aromatic heterocycles. The molecule has 0 amide bonds. The third-order valence-corrected chi connectivity index (χ3v) is 4.77. The van der Waals surface area contributed by atoms with Gasteiger partial charge >= 0.3 is 0 Å². The Kier molecular flexibility index (Phi) is 6.44. The smallest absolute Gasteiger partial charge is 0.122 e. The number of nitrogens with two attached hydrogens (primary N) is 1. The summed E-state index contributed by atoms with van der Waals surface area (Å²) in [5, 5.41) is 0. The fourth-order valence-corrected chi connectivity index (χ4v) is 3.07. The minimum absolute atomic E-state index is 0.267. The van der Waals surface area contributed by atoms with Crippen LogP contribution in [-0.4, -0.2) is 13.7 Å². The van der Waals surface area contributed by atoms with Gasteiger partial charge in [-0.1, -0.05) is 64.1 Å². The summed E-state index contributed by atoms with van der Waals surface area (Å²) >= 11 is 0. The van der Waals surface area contributed by atoms with Gasteiger partial charge in [0.25, 0.3) is 0 Å². The third kappa shape index (κ3) is 4.39. The van der Waals surface area contributed by atoms with Gasteiger partial charge in [0.15, 0.2) is 0 Å². The molecule has 2 aromatic carbocycles. The molecule has 1 atom stereocenters. The first-order valence-electron chi connectivity index (χ1n) is 8.93. The highest BCUT2D eigenvalue weighted by molar-refractivity contribution is 5.42. The van der Waals surface area contributed by atoms with Gasteiger partial charge in [0.2, 0.25) is 0 Å². The summed E-state index contributed by atoms with van der Waals surface area (Å²) in [7, 11) is 1.74. The van der Waals surface area contributed by atoms with Crippen LogP contribution in [0.5, 0.6) is 5.75 Å². The molecule has 0 fully saturated rings. The quantitative estimate of drug-likeness (QED) is 0.757. The van der Waals surface area contributed by atoms with E-state index in [0.29, 0.717) is 18.4 Å². The lowest BCUT2D eigenvalue weighted by Crippen LogP contribution is -2.16. The Morgan fingerprint density at radius 2 is 1.46 bits per heavy atom. The normalized spacial score (nSPS) is 12.7. The van der Waals surface area contributed by atoms with E-state index in [2.05, 4.69) is 70.2 Å². The monoisotopic (exact) mass is 325 g/mol. The van der Waals surface area contributed by atoms with E-state index in [4.69, 9.17) is 10.5 Å². The highest BCUT2D eigenvalue weighted by atomic mass is 16.5. The number of hydrogen-bond acceptors (Lipinski definition) is 2. The van der Waals surface area contributed by atoms with Crippen molar-refractivity contribution in [3.8, 4) is 5.75 Å². The van der Waals surface area contributed by atoms with E-state index < -0.39 is 0 Å². The highest BCUT2D eigenvalue weighted by Gasteiger charge is 2.17. The molecule has 0 aliphatic heterocycles. The van der Waals surface area contributed by atoms with Crippen molar-refractivity contribution in [2.45, 2.75) is 51.9 Å². The molecule has 0 saturated carbocycles. The van der Waals surface area contributed by atoms with Crippen molar-refractivity contribution in [3.05, 3.63) is 64.7 Å². The minimum Gasteiger partial charge on any atom is -0.496 e. The molecule has 2 N–H and O–H groups in total. The average molecular weight is 325 g/mol. The Morgan fingerprint density at radius 3 is 1.96 bits per heavy atom. The molecule has 0 bridgehead atoms. The molecule has 1 unspecified atom stereocenters. The lowest BCUT2D eigenvalue weighted by Gasteiger charge is -2.21. The first-order valence-corrected chi connectivity index (χ1v) is 8.93. The van der Waals surface area contributed by atoms with E-state index in [1.54, 1.807) is 7.11 Å². The van der Waals surface area contributed by atoms with Crippen LogP contribution in [0.4, 0.5) is 0 Å². The summed E-state index contributed by atoms with van der Waals surface area (Å²) in [6.07, 6.45) is 0.937. The van der Waals surface area contributed by atoms with Crippen molar-refractivity contribution < 1.29 is 4.74 Å². The molecule has 2 nitrogen and oxygen atoms in total. The second kappa shape index (κ2) is 8.34. The molecule has 24 heavy (non-hydrogen) atoms. The zero-order valence-corrected chi connectivity index (χ0v) is 15.7. The Bertz CT molecular complexity index is 644. The van der Waals surface area contributed by atoms with Crippen LogP contribution in [0.15, 0.2) is 42.5 Å². The second-order valence-corrected chi connectivity index (χ2v) is 7.19. The summed E-state index contributed by atoms with van der Waals surface area (Å²) in [5.74, 6) is 2.27. The second-order valence-electron chi connectivity index (χ2n) is 7.19. The van der Waals surface area contributed by atoms with Gasteiger partial charge in [-0.2, -0.15) is 0 Å². The number of methoxy groups -OCH3 is 1. The molecule has 0 saturated heterocycles. The van der Waals surface area contributed by atoms with Crippen molar-refractivity contribution in [3.63, 3.8) is 0 Å². The maximum atomic E-state index is 6.12. The maximum absolute atomic E-state index is 6.12. The van der Waals surface area contributed by atoms with E-state index in [0.717, 1.165) is 12.2 Å². The molecule has 0 aliphatic carbocycles. The van der Waals surface area contributed by atoms with Crippen LogP contribution >= 0.6 is 0 Å². The van der Waals surface area contributed by atoms with Crippen LogP contribution < -0.4 is 10.5 Å². The van der Waals surface area contributed by atoms with Crippen molar-refractivity contribution in [1.82, 2.24) is 0 Å². The van der Waals surface area contributed by atoms with Crippen LogP contribution in [0.3, 0.4) is 0 Å². The summed E-state index contributed by atoms with van der Waals surface area (Å²) in [6.45, 7) is 9.49. The number of benzene rings is 2. The number of ether oxygens (including phenoxy) is 1. The first-order chi connectivity index (χ1) is 11.5. The van der Waals surface area contributed by atoms with E-state index in [1.165, 1.54) is 22.3 Å². The molecule has 0 spiro atoms. The highest BCUT2D eigenvalue weighted by Crippen LogP contribution is 2.32. The van der Waals surface area contributed by atoms with Gasteiger partial charge in [-0.3, -0.25) is 0 Å². The van der Waals surface area contributed by atoms with E-state index in [9.17, 15) is 0 Å². The number of rotatable bonds is 7. The summed E-state index contributed by atoms with van der Waals surface area (Å²) < 4.78 is 5.60. The average Bonchev–Trinajstić information content (AvgIpc) is 2.59. The van der Waals surface area contributed by atoms with E-state index in [1.807, 2.05) is 0 Å². The van der Waals surface area contributed by atoms with E-state index in [-0.39, 0.29) is 5.92 Å². The molecule has 2 rings (SSSR count). The van der Waals surface area contributed by atoms with Crippen LogP contribution in [0.1, 0.15) is 67.7 Å². The topological polar surface area (TPSA) is 35.2 Å². The minimum atomic E-state index is 0.267. The first kappa shape index (κ1) is 18.5. The molecule has 2 aromatic rings. The lowest BCUT2D eigenvalue weighted by molar-refractivity contribution is 0.405. The summed E-state index contributed by atoms with van der Waals surface area (Å²) in [6, 6.07) is 15.4. The predicted molar refractivity (Wildman–Crippen MR) is 103 cm³/mol. The molecule has 2 heteroatoms. The Morgan fingerprint density at radius 1 is 0.875 bits per heavy atom. The fourth-order valence-electron chi connectivity index (χ4n) is 3.07. The van der Waals surface area contributed by atoms with Crippen molar-refractivity contribution in [1.29, 1.82) is 0 Å². The van der Waals surface area contributed by atoms with Gasteiger partial charge in [-0.25, -0.2) is 0 Å². The maximum Gasteiger partial charge on any atom is 0.122 e. The Balaban J connectivity index is 2.28. The van der Waals surface area contributed by atoms with E-state index >= 15 is 0 Å². The largest absolute Gasteiger partial charge is 0.496 e. The van der Waals surface area contributed by atoms with Crippen LogP contribution in [0.25, 0.3) is 0 Å². The molecule has 0 aliphatic rings. The zero-order valence-electron chi connectivity index (χ0n) is 15.7. The molecule has 0 heterocycles. The van der Waals surface area contributed by atoms with Crippen LogP contribution in [0, 0.1) is 0 Å². The summed E-state index contributed by atoms with van der Waals surface area (Å²) in [5.41, 5.74) is 11.4. The van der Waals surface area contributed by atoms with Gasteiger partial charge in [0, 0.05) is 5.92 Å². The van der Waals surface area contributed by atoms with Crippen molar-refractivity contribution in [2.75, 3.05) is 13.7 Å². The predicted octanol–water partition coefficient (Wildman–Crippen LogP) is 5.23. The zero-order chi connectivity index (χ0) is 17.7. The van der Waals surface area contributed by atoms with Gasteiger partial charge in [0.1, 0.15) is 5.75 Å². The van der Waals surface area contributed by atoms with Crippen LogP contribution in [-0.2, 0) is 6.42 Å². The molecular formula is C22H31NO. The van der Waals surface area contributed by atoms with Crippen molar-refractivity contribution >= 4 is 0 Å². The SMILES string of the molecule is COc1ccc(C(C)C)cc1C(CN)Cc1ccc(C(C)C)cc1. The van der Waals surface area contributed by atoms with Crippen LogP contribution in [0.2, 0.25) is 0 Å². The van der Waals surface area contributed by atoms with Gasteiger partial charge < -0.3 is 10.5 Å². The Labute approximate surface area is 147 Å². The molecular weight excluding hydrogens is 294 g/mol. The fraction of sp³-hybridized carbons (Fsp3) is 0.455. The van der Waals surface area contributed by atoms with Gasteiger partial charge in [0.05, 0.1) is 7.11 Å². The third-order valence-electron chi connectivity index (χ3n) is 4.77. The van der Waals surface area contributed by atoms with Gasteiger partial charge in [-0.05, 0) is 53.1 Å². The Hall–Kier alpha value is -1.80. The lowest BCUT2D eigenvalue weighted by atomic mass is 9.88. The molecule has 130 valence electrons. The summed E-state index contributed by atoms with van der Waals surface area (Å²) in [4.78, 5) is 0.